The molecule has 0 aliphatic heterocycles. The molecule has 0 spiro atoms. The summed E-state index contributed by atoms with van der Waals surface area (Å²) in [6.07, 6.45) is 0. The van der Waals surface area contributed by atoms with Crippen LogP contribution in [0.1, 0.15) is 0 Å². The first kappa shape index (κ1) is 29.2. The van der Waals surface area contributed by atoms with E-state index >= 15 is 0 Å². The molecule has 5 heteroatoms. The average molecular weight is 688 g/mol. The second kappa shape index (κ2) is 11.1. The molecular formula is C49H29N5. The van der Waals surface area contributed by atoms with Gasteiger partial charge >= 0.3 is 0 Å². The molecule has 4 heterocycles. The summed E-state index contributed by atoms with van der Waals surface area (Å²) in [5, 5.41) is 7.12. The molecule has 0 aliphatic rings. The van der Waals surface area contributed by atoms with Crippen LogP contribution in [0.3, 0.4) is 0 Å². The first-order valence-corrected chi connectivity index (χ1v) is 18.3. The normalized spacial score (nSPS) is 12.1. The number of aromatic nitrogens is 5. The number of benzene rings is 8. The van der Waals surface area contributed by atoms with Crippen LogP contribution in [0, 0.1) is 0 Å². The Kier molecular flexibility index (Phi) is 5.99. The van der Waals surface area contributed by atoms with Crippen molar-refractivity contribution in [2.45, 2.75) is 0 Å². The Hall–Kier alpha value is -7.37. The molecule has 4 aromatic heterocycles. The maximum Gasteiger partial charge on any atom is 0.145 e. The van der Waals surface area contributed by atoms with Crippen LogP contribution in [0.25, 0.3) is 111 Å². The molecule has 0 aliphatic carbocycles. The van der Waals surface area contributed by atoms with Gasteiger partial charge in [0.25, 0.3) is 0 Å². The van der Waals surface area contributed by atoms with E-state index in [1.807, 2.05) is 12.1 Å². The zero-order chi connectivity index (χ0) is 35.3. The highest BCUT2D eigenvalue weighted by atomic mass is 15.0. The number of imidazole rings is 1. The molecule has 0 atom stereocenters. The summed E-state index contributed by atoms with van der Waals surface area (Å²) in [5.41, 5.74) is 13.4. The molecule has 0 N–H and O–H groups in total. The number of nitrogens with zero attached hydrogens (tertiary/aromatic N) is 5. The van der Waals surface area contributed by atoms with Gasteiger partial charge in [0.2, 0.25) is 0 Å². The molecule has 0 saturated carbocycles. The van der Waals surface area contributed by atoms with Gasteiger partial charge in [0, 0.05) is 38.5 Å². The van der Waals surface area contributed by atoms with Crippen molar-refractivity contribution in [2.24, 2.45) is 0 Å². The number of fused-ring (bicyclic) bond motifs is 5. The second-order valence-electron chi connectivity index (χ2n) is 14.0. The van der Waals surface area contributed by atoms with Gasteiger partial charge in [-0.05, 0) is 64.7 Å². The molecule has 0 bridgehead atoms. The Bertz CT molecular complexity index is 3420. The summed E-state index contributed by atoms with van der Waals surface area (Å²) in [4.78, 5) is 15.8. The van der Waals surface area contributed by atoms with E-state index in [1.165, 1.54) is 27.1 Å². The quantitative estimate of drug-likeness (QED) is 0.173. The molecule has 0 radical (unpaired) electrons. The molecule has 8 aromatic carbocycles. The zero-order valence-corrected chi connectivity index (χ0v) is 29.0. The van der Waals surface area contributed by atoms with E-state index < -0.39 is 0 Å². The van der Waals surface area contributed by atoms with Gasteiger partial charge in [-0.1, -0.05) is 127 Å². The Morgan fingerprint density at radius 3 is 1.69 bits per heavy atom. The highest BCUT2D eigenvalue weighted by Gasteiger charge is 2.24. The fourth-order valence-corrected chi connectivity index (χ4v) is 8.64. The van der Waals surface area contributed by atoms with Crippen LogP contribution in [0.5, 0.6) is 0 Å². The standard InChI is InChI=1S/C49H29N5/c1-4-13-30(14-5-1)46-47(31-15-6-2-7-16-31)51-40-29-34-27-35(24-23-33(34)28-39(40)50-46)53-42-22-12-20-37-36-19-10-11-21-41(36)54-48-38(25-26-43(53)45(48)44(37)42)52-49(54)32-17-8-3-9-18-32/h1-29H. The van der Waals surface area contributed by atoms with E-state index in [0.29, 0.717) is 0 Å². The van der Waals surface area contributed by atoms with Gasteiger partial charge in [-0.2, -0.15) is 0 Å². The van der Waals surface area contributed by atoms with E-state index in [0.717, 1.165) is 83.5 Å². The van der Waals surface area contributed by atoms with E-state index in [1.54, 1.807) is 0 Å². The maximum atomic E-state index is 5.30. The van der Waals surface area contributed by atoms with Gasteiger partial charge in [-0.3, -0.25) is 4.40 Å². The summed E-state index contributed by atoms with van der Waals surface area (Å²) in [7, 11) is 0. The van der Waals surface area contributed by atoms with Crippen molar-refractivity contribution in [3.05, 3.63) is 176 Å². The minimum Gasteiger partial charge on any atom is -0.309 e. The van der Waals surface area contributed by atoms with Crippen LogP contribution >= 0.6 is 0 Å². The second-order valence-corrected chi connectivity index (χ2v) is 14.0. The van der Waals surface area contributed by atoms with Crippen molar-refractivity contribution < 1.29 is 0 Å². The third-order valence-electron chi connectivity index (χ3n) is 11.0. The zero-order valence-electron chi connectivity index (χ0n) is 29.0. The summed E-state index contributed by atoms with van der Waals surface area (Å²) in [6.45, 7) is 0. The molecule has 250 valence electrons. The largest absolute Gasteiger partial charge is 0.309 e. The van der Waals surface area contributed by atoms with Gasteiger partial charge in [-0.25, -0.2) is 15.0 Å². The highest BCUT2D eigenvalue weighted by molar-refractivity contribution is 6.30. The fraction of sp³-hybridized carbons (Fsp3) is 0. The van der Waals surface area contributed by atoms with Gasteiger partial charge < -0.3 is 4.57 Å². The third-order valence-corrected chi connectivity index (χ3v) is 11.0. The van der Waals surface area contributed by atoms with Crippen molar-refractivity contribution in [3.63, 3.8) is 0 Å². The monoisotopic (exact) mass is 687 g/mol. The van der Waals surface area contributed by atoms with Crippen molar-refractivity contribution in [2.75, 3.05) is 0 Å². The average Bonchev–Trinajstić information content (AvgIpc) is 3.75. The Morgan fingerprint density at radius 1 is 0.370 bits per heavy atom. The van der Waals surface area contributed by atoms with Crippen molar-refractivity contribution >= 4 is 70.9 Å². The molecule has 54 heavy (non-hydrogen) atoms. The molecule has 0 saturated heterocycles. The smallest absolute Gasteiger partial charge is 0.145 e. The van der Waals surface area contributed by atoms with Crippen LogP contribution in [0.2, 0.25) is 0 Å². The molecule has 0 amide bonds. The Balaban J connectivity index is 1.14. The van der Waals surface area contributed by atoms with E-state index in [-0.39, 0.29) is 0 Å². The van der Waals surface area contributed by atoms with E-state index in [2.05, 4.69) is 173 Å². The van der Waals surface area contributed by atoms with Gasteiger partial charge in [0.15, 0.2) is 0 Å². The van der Waals surface area contributed by atoms with E-state index in [4.69, 9.17) is 15.0 Å². The van der Waals surface area contributed by atoms with Crippen LogP contribution in [0.15, 0.2) is 176 Å². The molecule has 0 fully saturated rings. The lowest BCUT2D eigenvalue weighted by atomic mass is 10.0. The number of para-hydroxylation sites is 1. The topological polar surface area (TPSA) is 48.0 Å². The molecule has 5 nitrogen and oxygen atoms in total. The van der Waals surface area contributed by atoms with Gasteiger partial charge in [0.05, 0.1) is 50.0 Å². The fourth-order valence-electron chi connectivity index (χ4n) is 8.64. The Labute approximate surface area is 309 Å². The molecular weight excluding hydrogens is 659 g/mol. The number of rotatable bonds is 4. The summed E-state index contributed by atoms with van der Waals surface area (Å²) in [6, 6.07) is 62.3. The first-order chi connectivity index (χ1) is 26.8. The third kappa shape index (κ3) is 4.12. The van der Waals surface area contributed by atoms with Crippen molar-refractivity contribution in [1.82, 2.24) is 23.9 Å². The Morgan fingerprint density at radius 2 is 0.963 bits per heavy atom. The lowest BCUT2D eigenvalue weighted by molar-refractivity contribution is 1.19. The summed E-state index contributed by atoms with van der Waals surface area (Å²) >= 11 is 0. The molecule has 0 unspecified atom stereocenters. The lowest BCUT2D eigenvalue weighted by Gasteiger charge is -2.13. The van der Waals surface area contributed by atoms with Crippen molar-refractivity contribution in [1.29, 1.82) is 0 Å². The minimum atomic E-state index is 0.868. The number of hydrogen-bond acceptors (Lipinski definition) is 3. The van der Waals surface area contributed by atoms with Crippen molar-refractivity contribution in [3.8, 4) is 39.6 Å². The SMILES string of the molecule is c1ccc(-c2nc3cc4ccc(-n5c6cccc7c8ccccc8n8c(-c9ccccc9)nc9ccc5c(c76)c98)cc4cc3nc2-c2ccccc2)cc1. The van der Waals surface area contributed by atoms with Crippen LogP contribution in [-0.4, -0.2) is 23.9 Å². The van der Waals surface area contributed by atoms with E-state index in [9.17, 15) is 0 Å². The predicted molar refractivity (Wildman–Crippen MR) is 223 cm³/mol. The van der Waals surface area contributed by atoms with Crippen LogP contribution in [0.4, 0.5) is 0 Å². The van der Waals surface area contributed by atoms with Gasteiger partial charge in [0.1, 0.15) is 5.82 Å². The van der Waals surface area contributed by atoms with Gasteiger partial charge in [-0.15, -0.1) is 0 Å². The lowest BCUT2D eigenvalue weighted by Crippen LogP contribution is -1.97. The minimum absolute atomic E-state index is 0.868. The maximum absolute atomic E-state index is 5.30. The highest BCUT2D eigenvalue weighted by Crippen LogP contribution is 2.44. The summed E-state index contributed by atoms with van der Waals surface area (Å²) in [5.74, 6) is 0.947. The molecule has 12 aromatic rings. The first-order valence-electron chi connectivity index (χ1n) is 18.3. The molecule has 12 rings (SSSR count). The summed E-state index contributed by atoms with van der Waals surface area (Å²) < 4.78 is 4.80. The predicted octanol–water partition coefficient (Wildman–Crippen LogP) is 12.3. The van der Waals surface area contributed by atoms with Crippen LogP contribution in [-0.2, 0) is 0 Å². The van der Waals surface area contributed by atoms with Crippen LogP contribution < -0.4 is 0 Å². The number of hydrogen-bond donors (Lipinski definition) is 0.